The van der Waals surface area contributed by atoms with Crippen LogP contribution in [-0.2, 0) is 16.0 Å². The number of primary amides is 1. The van der Waals surface area contributed by atoms with Gasteiger partial charge in [-0.3, -0.25) is 19.0 Å². The van der Waals surface area contributed by atoms with Gasteiger partial charge < -0.3 is 20.5 Å². The van der Waals surface area contributed by atoms with E-state index in [4.69, 9.17) is 26.8 Å². The monoisotopic (exact) mass is 609 g/mol. The minimum atomic E-state index is -4.56. The van der Waals surface area contributed by atoms with Crippen LogP contribution in [-0.4, -0.2) is 41.9 Å². The molecule has 13 heteroatoms. The third-order valence-corrected chi connectivity index (χ3v) is 6.99. The van der Waals surface area contributed by atoms with Gasteiger partial charge in [0.25, 0.3) is 11.5 Å². The van der Waals surface area contributed by atoms with E-state index in [1.165, 1.54) is 36.5 Å². The number of alkyl halides is 3. The Morgan fingerprint density at radius 3 is 2.55 bits per heavy atom. The first kappa shape index (κ1) is 31.0. The van der Waals surface area contributed by atoms with E-state index >= 15 is 0 Å². The van der Waals surface area contributed by atoms with Crippen molar-refractivity contribution in [3.8, 4) is 16.9 Å². The summed E-state index contributed by atoms with van der Waals surface area (Å²) in [5, 5.41) is 2.77. The summed E-state index contributed by atoms with van der Waals surface area (Å²) in [5.74, 6) is -4.56. The second kappa shape index (κ2) is 12.5. The van der Waals surface area contributed by atoms with Crippen LogP contribution in [0.15, 0.2) is 53.5 Å². The molecule has 1 aliphatic rings. The summed E-state index contributed by atoms with van der Waals surface area (Å²) in [6.07, 6.45) is -3.95. The number of nitrogens with one attached hydrogen (secondary N) is 1. The summed E-state index contributed by atoms with van der Waals surface area (Å²) < 4.78 is 68.0. The maximum atomic E-state index is 14.3. The smallest absolute Gasteiger partial charge is 0.395 e. The number of pyridine rings is 1. The molecule has 2 unspecified atom stereocenters. The van der Waals surface area contributed by atoms with Crippen molar-refractivity contribution >= 4 is 29.1 Å². The number of ether oxygens (including phenoxy) is 2. The molecule has 0 saturated heterocycles. The molecule has 1 aliphatic heterocycles. The zero-order chi connectivity index (χ0) is 30.8. The molecule has 2 aromatic carbocycles. The van der Waals surface area contributed by atoms with E-state index in [1.807, 2.05) is 0 Å². The Labute approximate surface area is 243 Å². The van der Waals surface area contributed by atoms with Crippen molar-refractivity contribution in [1.82, 2.24) is 4.57 Å². The van der Waals surface area contributed by atoms with Gasteiger partial charge in [0.2, 0.25) is 5.91 Å². The molecule has 8 nitrogen and oxygen atoms in total. The number of halogens is 5. The van der Waals surface area contributed by atoms with Crippen LogP contribution in [0.25, 0.3) is 11.1 Å². The lowest BCUT2D eigenvalue weighted by atomic mass is 9.91. The number of benzene rings is 2. The predicted molar refractivity (Wildman–Crippen MR) is 148 cm³/mol. The minimum absolute atomic E-state index is 0.00980. The summed E-state index contributed by atoms with van der Waals surface area (Å²) in [6, 6.07) is 7.67. The molecule has 1 aromatic heterocycles. The Balaban J connectivity index is 1.76. The van der Waals surface area contributed by atoms with Gasteiger partial charge in [-0.2, -0.15) is 13.2 Å². The first-order valence-corrected chi connectivity index (χ1v) is 13.4. The Kier molecular flexibility index (Phi) is 9.27. The standard InChI is InChI=1S/C29H28ClF4N3O5/c1-15(2)41-8-7-24(28(40)36-19-5-6-20(27(35)39)23(31)11-19)37-13-25-22(12-26(37)38)21-10-18(30)4-3-16(21)9-17(14-42-25)29(32,33)34/h3-6,10-13,15,17,24H,7-9,14H2,1-2H3,(H2,35,39)(H,36,40). The Bertz CT molecular complexity index is 1560. The highest BCUT2D eigenvalue weighted by Crippen LogP contribution is 2.40. The zero-order valence-electron chi connectivity index (χ0n) is 22.6. The fourth-order valence-corrected chi connectivity index (χ4v) is 4.80. The quantitative estimate of drug-likeness (QED) is 0.327. The van der Waals surface area contributed by atoms with E-state index in [0.29, 0.717) is 11.1 Å². The summed E-state index contributed by atoms with van der Waals surface area (Å²) in [4.78, 5) is 38.2. The predicted octanol–water partition coefficient (Wildman–Crippen LogP) is 5.52. The maximum Gasteiger partial charge on any atom is 0.395 e. The van der Waals surface area contributed by atoms with Crippen LogP contribution in [0.3, 0.4) is 0 Å². The molecule has 4 rings (SSSR count). The van der Waals surface area contributed by atoms with Crippen LogP contribution in [0.2, 0.25) is 5.02 Å². The van der Waals surface area contributed by atoms with Crippen LogP contribution in [0.5, 0.6) is 5.75 Å². The summed E-state index contributed by atoms with van der Waals surface area (Å²) in [5.41, 5.74) is 4.99. The molecule has 0 fully saturated rings. The van der Waals surface area contributed by atoms with Crippen molar-refractivity contribution in [1.29, 1.82) is 0 Å². The molecular weight excluding hydrogens is 582 g/mol. The number of nitrogens with two attached hydrogens (primary N) is 1. The average Bonchev–Trinajstić information content (AvgIpc) is 2.88. The lowest BCUT2D eigenvalue weighted by Crippen LogP contribution is -2.35. The molecule has 0 saturated carbocycles. The molecule has 2 atom stereocenters. The summed E-state index contributed by atoms with van der Waals surface area (Å²) in [7, 11) is 0. The van der Waals surface area contributed by atoms with Crippen LogP contribution >= 0.6 is 11.6 Å². The van der Waals surface area contributed by atoms with Gasteiger partial charge in [0.05, 0.1) is 23.8 Å². The highest BCUT2D eigenvalue weighted by Gasteiger charge is 2.41. The number of nitrogens with zero attached hydrogens (tertiary/aromatic N) is 1. The van der Waals surface area contributed by atoms with Gasteiger partial charge in [-0.25, -0.2) is 4.39 Å². The fraction of sp³-hybridized carbons (Fsp3) is 0.345. The second-order valence-corrected chi connectivity index (χ2v) is 10.6. The van der Waals surface area contributed by atoms with Crippen molar-refractivity contribution in [2.24, 2.45) is 11.7 Å². The number of carbonyl (C=O) groups excluding carboxylic acids is 2. The molecule has 0 radical (unpaired) electrons. The third kappa shape index (κ3) is 7.11. The number of aromatic nitrogens is 1. The van der Waals surface area contributed by atoms with Gasteiger partial charge in [0.15, 0.2) is 0 Å². The zero-order valence-corrected chi connectivity index (χ0v) is 23.4. The number of amides is 2. The Morgan fingerprint density at radius 2 is 1.90 bits per heavy atom. The highest BCUT2D eigenvalue weighted by atomic mass is 35.5. The van der Waals surface area contributed by atoms with E-state index in [0.717, 1.165) is 16.7 Å². The minimum Gasteiger partial charge on any atom is -0.491 e. The van der Waals surface area contributed by atoms with Crippen molar-refractivity contribution in [3.63, 3.8) is 0 Å². The van der Waals surface area contributed by atoms with Gasteiger partial charge in [-0.05, 0) is 61.7 Å². The second-order valence-electron chi connectivity index (χ2n) is 10.1. The Hall–Kier alpha value is -3.90. The molecule has 3 N–H and O–H groups in total. The van der Waals surface area contributed by atoms with Gasteiger partial charge in [-0.1, -0.05) is 17.7 Å². The molecule has 42 heavy (non-hydrogen) atoms. The molecule has 0 spiro atoms. The van der Waals surface area contributed by atoms with E-state index in [-0.39, 0.29) is 53.1 Å². The van der Waals surface area contributed by atoms with Crippen LogP contribution in [0.1, 0.15) is 42.2 Å². The Morgan fingerprint density at radius 1 is 1.17 bits per heavy atom. The summed E-state index contributed by atoms with van der Waals surface area (Å²) >= 11 is 6.16. The number of anilines is 1. The van der Waals surface area contributed by atoms with E-state index in [9.17, 15) is 31.9 Å². The van der Waals surface area contributed by atoms with Crippen molar-refractivity contribution < 1.29 is 36.6 Å². The average molecular weight is 610 g/mol. The van der Waals surface area contributed by atoms with Gasteiger partial charge >= 0.3 is 6.18 Å². The number of carbonyl (C=O) groups is 2. The molecule has 0 aliphatic carbocycles. The third-order valence-electron chi connectivity index (χ3n) is 6.76. The molecule has 3 aromatic rings. The molecule has 2 amide bonds. The number of fused-ring (bicyclic) bond motifs is 3. The normalized spacial score (nSPS) is 15.6. The van der Waals surface area contributed by atoms with Crippen molar-refractivity contribution in [2.45, 2.75) is 45.0 Å². The molecule has 0 bridgehead atoms. The molecular formula is C29H28ClF4N3O5. The van der Waals surface area contributed by atoms with Gasteiger partial charge in [0.1, 0.15) is 24.2 Å². The number of hydrogen-bond donors (Lipinski definition) is 2. The summed E-state index contributed by atoms with van der Waals surface area (Å²) in [6.45, 7) is 2.89. The number of rotatable bonds is 8. The van der Waals surface area contributed by atoms with E-state index < -0.39 is 47.9 Å². The topological polar surface area (TPSA) is 113 Å². The van der Waals surface area contributed by atoms with E-state index in [1.54, 1.807) is 13.8 Å². The highest BCUT2D eigenvalue weighted by molar-refractivity contribution is 6.30. The fourth-order valence-electron chi connectivity index (χ4n) is 4.63. The van der Waals surface area contributed by atoms with Crippen molar-refractivity contribution in [3.05, 3.63) is 81.0 Å². The van der Waals surface area contributed by atoms with Gasteiger partial charge in [-0.15, -0.1) is 0 Å². The van der Waals surface area contributed by atoms with Crippen LogP contribution < -0.4 is 21.3 Å². The molecule has 2 heterocycles. The van der Waals surface area contributed by atoms with E-state index in [2.05, 4.69) is 5.32 Å². The first-order valence-electron chi connectivity index (χ1n) is 13.0. The largest absolute Gasteiger partial charge is 0.491 e. The number of hydrogen-bond acceptors (Lipinski definition) is 5. The maximum absolute atomic E-state index is 14.3. The first-order chi connectivity index (χ1) is 19.7. The van der Waals surface area contributed by atoms with Crippen LogP contribution in [0.4, 0.5) is 23.2 Å². The lowest BCUT2D eigenvalue weighted by Gasteiger charge is -2.27. The lowest BCUT2D eigenvalue weighted by molar-refractivity contribution is -0.181. The van der Waals surface area contributed by atoms with Gasteiger partial charge in [0, 0.05) is 35.4 Å². The van der Waals surface area contributed by atoms with Crippen LogP contribution in [0, 0.1) is 11.7 Å². The SMILES string of the molecule is CC(C)OCCC(C(=O)Nc1ccc(C(N)=O)c(F)c1)n1cc2c(cc1=O)-c1cc(Cl)ccc1CC(C(F)(F)F)CO2. The van der Waals surface area contributed by atoms with Crippen molar-refractivity contribution in [2.75, 3.05) is 18.5 Å². The molecule has 224 valence electrons.